The summed E-state index contributed by atoms with van der Waals surface area (Å²) in [4.78, 5) is 0. The van der Waals surface area contributed by atoms with Crippen molar-refractivity contribution in [2.75, 3.05) is 13.7 Å². The van der Waals surface area contributed by atoms with E-state index in [2.05, 4.69) is 0 Å². The second-order valence-electron chi connectivity index (χ2n) is 2.91. The molecule has 0 spiro atoms. The minimum atomic E-state index is -0.269. The Morgan fingerprint density at radius 1 is 1.50 bits per heavy atom. The average Bonchev–Trinajstić information content (AvgIpc) is 2.26. The molecule has 0 bridgehead atoms. The third-order valence-corrected chi connectivity index (χ3v) is 1.97. The summed E-state index contributed by atoms with van der Waals surface area (Å²) < 4.78 is 17.3. The fraction of sp³-hybridized carbons (Fsp3) is 0.273. The molecule has 0 heterocycles. The van der Waals surface area contributed by atoms with E-state index in [-0.39, 0.29) is 6.61 Å². The largest absolute Gasteiger partial charge is 0.496 e. The summed E-state index contributed by atoms with van der Waals surface area (Å²) in [5.74, 6) is 0.709. The molecule has 3 heteroatoms. The molecule has 0 aliphatic heterocycles. The maximum atomic E-state index is 12.2. The zero-order chi connectivity index (χ0) is 10.4. The lowest BCUT2D eigenvalue weighted by Gasteiger charge is -2.08. The van der Waals surface area contributed by atoms with E-state index in [1.807, 2.05) is 24.3 Å². The Hall–Kier alpha value is -1.35. The number of ether oxygens (including phenoxy) is 1. The molecule has 0 radical (unpaired) electrons. The first kappa shape index (κ1) is 10.7. The second-order valence-corrected chi connectivity index (χ2v) is 2.91. The third kappa shape index (κ3) is 2.57. The molecule has 0 saturated heterocycles. The van der Waals surface area contributed by atoms with Crippen molar-refractivity contribution in [3.05, 3.63) is 41.7 Å². The number of aliphatic hydroxyl groups excluding tert-OH is 1. The average molecular weight is 196 g/mol. The summed E-state index contributed by atoms with van der Waals surface area (Å²) in [5.41, 5.74) is 1.21. The molecule has 0 fully saturated rings. The van der Waals surface area contributed by atoms with E-state index in [1.54, 1.807) is 7.11 Å². The predicted octanol–water partition coefficient (Wildman–Crippen LogP) is 2.08. The minimum Gasteiger partial charge on any atom is -0.496 e. The standard InChI is InChI=1S/C11H13FO2/c1-14-11-5-3-2-4-10(11)6-9(7-12)8-13/h2-5,7,13H,6,8H2,1H3. The Kier molecular flexibility index (Phi) is 4.13. The van der Waals surface area contributed by atoms with Gasteiger partial charge in [-0.1, -0.05) is 18.2 Å². The van der Waals surface area contributed by atoms with Crippen LogP contribution in [0.2, 0.25) is 0 Å². The molecule has 0 aliphatic carbocycles. The van der Waals surface area contributed by atoms with Gasteiger partial charge in [0, 0.05) is 6.42 Å². The van der Waals surface area contributed by atoms with Crippen molar-refractivity contribution in [2.45, 2.75) is 6.42 Å². The zero-order valence-electron chi connectivity index (χ0n) is 8.03. The van der Waals surface area contributed by atoms with Gasteiger partial charge < -0.3 is 9.84 Å². The molecular weight excluding hydrogens is 183 g/mol. The molecule has 0 aliphatic rings. The summed E-state index contributed by atoms with van der Waals surface area (Å²) in [6, 6.07) is 7.35. The van der Waals surface area contributed by atoms with Crippen LogP contribution in [-0.4, -0.2) is 18.8 Å². The van der Waals surface area contributed by atoms with Gasteiger partial charge in [0.25, 0.3) is 0 Å². The summed E-state index contributed by atoms with van der Waals surface area (Å²) in [6.07, 6.45) is 0.809. The maximum Gasteiger partial charge on any atom is 0.122 e. The molecular formula is C11H13FO2. The quantitative estimate of drug-likeness (QED) is 0.798. The van der Waals surface area contributed by atoms with Crippen LogP contribution in [0.5, 0.6) is 5.75 Å². The highest BCUT2D eigenvalue weighted by Crippen LogP contribution is 2.20. The second kappa shape index (κ2) is 5.40. The van der Waals surface area contributed by atoms with Gasteiger partial charge >= 0.3 is 0 Å². The fourth-order valence-electron chi connectivity index (χ4n) is 1.22. The van der Waals surface area contributed by atoms with Crippen LogP contribution >= 0.6 is 0 Å². The molecule has 1 rings (SSSR count). The Balaban J connectivity index is 2.85. The summed E-state index contributed by atoms with van der Waals surface area (Å²) in [6.45, 7) is -0.269. The topological polar surface area (TPSA) is 29.5 Å². The van der Waals surface area contributed by atoms with Crippen molar-refractivity contribution in [3.63, 3.8) is 0 Å². The van der Waals surface area contributed by atoms with Gasteiger partial charge in [0.15, 0.2) is 0 Å². The summed E-state index contributed by atoms with van der Waals surface area (Å²) in [5, 5.41) is 8.80. The molecule has 1 aromatic carbocycles. The molecule has 76 valence electrons. The van der Waals surface area contributed by atoms with Crippen molar-refractivity contribution in [1.29, 1.82) is 0 Å². The van der Waals surface area contributed by atoms with Crippen LogP contribution in [0.15, 0.2) is 36.2 Å². The lowest BCUT2D eigenvalue weighted by molar-refractivity contribution is 0.325. The van der Waals surface area contributed by atoms with Crippen molar-refractivity contribution >= 4 is 0 Å². The maximum absolute atomic E-state index is 12.2. The zero-order valence-corrected chi connectivity index (χ0v) is 8.03. The van der Waals surface area contributed by atoms with Crippen LogP contribution in [0.4, 0.5) is 4.39 Å². The van der Waals surface area contributed by atoms with E-state index in [0.29, 0.717) is 24.1 Å². The smallest absolute Gasteiger partial charge is 0.122 e. The number of halogens is 1. The number of hydrogen-bond acceptors (Lipinski definition) is 2. The van der Waals surface area contributed by atoms with E-state index >= 15 is 0 Å². The van der Waals surface area contributed by atoms with E-state index in [9.17, 15) is 4.39 Å². The van der Waals surface area contributed by atoms with Crippen LogP contribution in [0.25, 0.3) is 0 Å². The van der Waals surface area contributed by atoms with Gasteiger partial charge in [-0.2, -0.15) is 0 Å². The third-order valence-electron chi connectivity index (χ3n) is 1.97. The van der Waals surface area contributed by atoms with Crippen molar-refractivity contribution in [3.8, 4) is 5.75 Å². The van der Waals surface area contributed by atoms with Crippen LogP contribution < -0.4 is 4.74 Å². The Morgan fingerprint density at radius 2 is 2.21 bits per heavy atom. The monoisotopic (exact) mass is 196 g/mol. The van der Waals surface area contributed by atoms with Gasteiger partial charge in [-0.3, -0.25) is 0 Å². The molecule has 0 atom stereocenters. The normalized spacial score (nSPS) is 11.5. The molecule has 0 amide bonds. The lowest BCUT2D eigenvalue weighted by Crippen LogP contribution is -1.97. The molecule has 0 unspecified atom stereocenters. The number of para-hydroxylation sites is 1. The highest BCUT2D eigenvalue weighted by Gasteiger charge is 2.04. The van der Waals surface area contributed by atoms with Gasteiger partial charge in [0.1, 0.15) is 5.75 Å². The molecule has 1 aromatic rings. The molecule has 1 N–H and O–H groups in total. The number of methoxy groups -OCH3 is 1. The van der Waals surface area contributed by atoms with Gasteiger partial charge in [0.05, 0.1) is 20.0 Å². The predicted molar refractivity (Wildman–Crippen MR) is 53.0 cm³/mol. The van der Waals surface area contributed by atoms with Gasteiger partial charge in [0.2, 0.25) is 0 Å². The Bertz CT molecular complexity index is 321. The van der Waals surface area contributed by atoms with E-state index in [4.69, 9.17) is 9.84 Å². The van der Waals surface area contributed by atoms with Crippen LogP contribution in [0.3, 0.4) is 0 Å². The highest BCUT2D eigenvalue weighted by atomic mass is 19.1. The van der Waals surface area contributed by atoms with Crippen molar-refractivity contribution < 1.29 is 14.2 Å². The first-order valence-corrected chi connectivity index (χ1v) is 4.32. The van der Waals surface area contributed by atoms with Crippen LogP contribution in [0, 0.1) is 0 Å². The van der Waals surface area contributed by atoms with E-state index in [0.717, 1.165) is 5.56 Å². The van der Waals surface area contributed by atoms with Crippen LogP contribution in [0.1, 0.15) is 5.56 Å². The number of hydrogen-bond donors (Lipinski definition) is 1. The summed E-state index contributed by atoms with van der Waals surface area (Å²) >= 11 is 0. The molecule has 14 heavy (non-hydrogen) atoms. The molecule has 2 nitrogen and oxygen atoms in total. The van der Waals surface area contributed by atoms with Crippen molar-refractivity contribution in [2.24, 2.45) is 0 Å². The fourth-order valence-corrected chi connectivity index (χ4v) is 1.22. The van der Waals surface area contributed by atoms with Gasteiger partial charge in [-0.25, -0.2) is 4.39 Å². The summed E-state index contributed by atoms with van der Waals surface area (Å²) in [7, 11) is 1.57. The lowest BCUT2D eigenvalue weighted by atomic mass is 10.1. The van der Waals surface area contributed by atoms with Gasteiger partial charge in [-0.15, -0.1) is 0 Å². The number of rotatable bonds is 4. The van der Waals surface area contributed by atoms with Crippen molar-refractivity contribution in [1.82, 2.24) is 0 Å². The van der Waals surface area contributed by atoms with Gasteiger partial charge in [-0.05, 0) is 17.2 Å². The first-order valence-electron chi connectivity index (χ1n) is 4.32. The first-order chi connectivity index (χ1) is 6.81. The minimum absolute atomic E-state index is 0.269. The number of benzene rings is 1. The highest BCUT2D eigenvalue weighted by molar-refractivity contribution is 5.36. The molecule has 0 aromatic heterocycles. The Morgan fingerprint density at radius 3 is 2.79 bits per heavy atom. The molecule has 0 saturated carbocycles. The SMILES string of the molecule is COc1ccccc1CC(=CF)CO. The van der Waals surface area contributed by atoms with E-state index < -0.39 is 0 Å². The van der Waals surface area contributed by atoms with Crippen LogP contribution in [-0.2, 0) is 6.42 Å². The number of aliphatic hydroxyl groups is 1. The van der Waals surface area contributed by atoms with E-state index in [1.165, 1.54) is 0 Å². The Labute approximate surface area is 82.6 Å².